The minimum atomic E-state index is -1.45. The zero-order valence-corrected chi connectivity index (χ0v) is 11.7. The fraction of sp³-hybridized carbons (Fsp3) is 0.500. The van der Waals surface area contributed by atoms with Gasteiger partial charge in [0.15, 0.2) is 0 Å². The Kier molecular flexibility index (Phi) is 5.36. The van der Waals surface area contributed by atoms with Gasteiger partial charge in [0.05, 0.1) is 0 Å². The molecule has 0 radical (unpaired) electrons. The van der Waals surface area contributed by atoms with E-state index in [0.29, 0.717) is 5.92 Å². The zero-order chi connectivity index (χ0) is 11.3. The van der Waals surface area contributed by atoms with E-state index in [0.717, 1.165) is 6.54 Å². The molecule has 1 nitrogen and oxygen atoms in total. The standard InChI is InChI=1S/C12H20ClNSi/c1-4-10(3)11-8-6-7-9-12(11)15(13)14-5-2/h6-10,14-15H,4-5H2,1-3H3. The van der Waals surface area contributed by atoms with Crippen LogP contribution in [0, 0.1) is 0 Å². The van der Waals surface area contributed by atoms with Crippen molar-refractivity contribution in [1.82, 2.24) is 4.98 Å². The highest BCUT2D eigenvalue weighted by Crippen LogP contribution is 2.16. The van der Waals surface area contributed by atoms with Crippen LogP contribution in [0.3, 0.4) is 0 Å². The van der Waals surface area contributed by atoms with E-state index in [1.807, 2.05) is 0 Å². The molecule has 0 aliphatic heterocycles. The molecular formula is C12H20ClNSi. The van der Waals surface area contributed by atoms with Gasteiger partial charge < -0.3 is 4.98 Å². The summed E-state index contributed by atoms with van der Waals surface area (Å²) in [6.07, 6.45) is 1.17. The van der Waals surface area contributed by atoms with Gasteiger partial charge in [-0.1, -0.05) is 45.0 Å². The second-order valence-electron chi connectivity index (χ2n) is 3.86. The predicted octanol–water partition coefficient (Wildman–Crippen LogP) is 2.48. The Bertz CT molecular complexity index is 303. The van der Waals surface area contributed by atoms with E-state index in [4.69, 9.17) is 11.1 Å². The van der Waals surface area contributed by atoms with Crippen LogP contribution in [0.4, 0.5) is 0 Å². The van der Waals surface area contributed by atoms with Gasteiger partial charge in [-0.15, -0.1) is 11.1 Å². The summed E-state index contributed by atoms with van der Waals surface area (Å²) in [5.41, 5.74) is 1.42. The van der Waals surface area contributed by atoms with Crippen molar-refractivity contribution in [2.75, 3.05) is 6.54 Å². The van der Waals surface area contributed by atoms with Crippen LogP contribution in [0.1, 0.15) is 38.7 Å². The van der Waals surface area contributed by atoms with E-state index in [-0.39, 0.29) is 0 Å². The van der Waals surface area contributed by atoms with E-state index in [1.54, 1.807) is 0 Å². The van der Waals surface area contributed by atoms with Crippen LogP contribution in [0.15, 0.2) is 24.3 Å². The van der Waals surface area contributed by atoms with Gasteiger partial charge in [-0.2, -0.15) is 0 Å². The Morgan fingerprint density at radius 3 is 2.60 bits per heavy atom. The number of hydrogen-bond acceptors (Lipinski definition) is 1. The van der Waals surface area contributed by atoms with Crippen LogP contribution in [-0.2, 0) is 0 Å². The molecule has 0 aromatic heterocycles. The van der Waals surface area contributed by atoms with Crippen molar-refractivity contribution < 1.29 is 0 Å². The third-order valence-corrected chi connectivity index (χ3v) is 5.80. The highest BCUT2D eigenvalue weighted by Gasteiger charge is 2.15. The molecule has 0 aliphatic carbocycles. The molecule has 3 heteroatoms. The third-order valence-electron chi connectivity index (χ3n) is 2.80. The van der Waals surface area contributed by atoms with Crippen molar-refractivity contribution in [1.29, 1.82) is 0 Å². The molecule has 1 aromatic carbocycles. The quantitative estimate of drug-likeness (QED) is 0.617. The van der Waals surface area contributed by atoms with Crippen LogP contribution in [0.25, 0.3) is 0 Å². The van der Waals surface area contributed by atoms with E-state index < -0.39 is 8.27 Å². The van der Waals surface area contributed by atoms with Gasteiger partial charge in [-0.3, -0.25) is 0 Å². The van der Waals surface area contributed by atoms with Crippen LogP contribution in [-0.4, -0.2) is 14.8 Å². The molecule has 0 spiro atoms. The van der Waals surface area contributed by atoms with Crippen molar-refractivity contribution in [2.24, 2.45) is 0 Å². The lowest BCUT2D eigenvalue weighted by atomic mass is 9.99. The number of rotatable bonds is 5. The Morgan fingerprint density at radius 2 is 2.00 bits per heavy atom. The van der Waals surface area contributed by atoms with E-state index in [1.165, 1.54) is 17.2 Å². The van der Waals surface area contributed by atoms with Crippen molar-refractivity contribution in [3.8, 4) is 0 Å². The molecule has 0 heterocycles. The van der Waals surface area contributed by atoms with Crippen LogP contribution >= 0.6 is 11.1 Å². The van der Waals surface area contributed by atoms with Crippen molar-refractivity contribution >= 4 is 24.5 Å². The first-order valence-electron chi connectivity index (χ1n) is 5.66. The first kappa shape index (κ1) is 12.8. The van der Waals surface area contributed by atoms with Crippen LogP contribution < -0.4 is 10.2 Å². The van der Waals surface area contributed by atoms with Gasteiger partial charge in [-0.25, -0.2) is 0 Å². The lowest BCUT2D eigenvalue weighted by Gasteiger charge is -2.17. The summed E-state index contributed by atoms with van der Waals surface area (Å²) in [6, 6.07) is 8.58. The van der Waals surface area contributed by atoms with Gasteiger partial charge in [-0.05, 0) is 29.6 Å². The second kappa shape index (κ2) is 6.31. The highest BCUT2D eigenvalue weighted by molar-refractivity contribution is 7.13. The topological polar surface area (TPSA) is 12.0 Å². The van der Waals surface area contributed by atoms with Crippen LogP contribution in [0.2, 0.25) is 0 Å². The lowest BCUT2D eigenvalue weighted by molar-refractivity contribution is 0.737. The Balaban J connectivity index is 2.95. The largest absolute Gasteiger partial charge is 0.325 e. The summed E-state index contributed by atoms with van der Waals surface area (Å²) >= 11 is 6.44. The molecule has 1 aromatic rings. The van der Waals surface area contributed by atoms with E-state index >= 15 is 0 Å². The maximum Gasteiger partial charge on any atom is 0.242 e. The first-order valence-corrected chi connectivity index (χ1v) is 8.57. The summed E-state index contributed by atoms with van der Waals surface area (Å²) < 4.78 is 0. The summed E-state index contributed by atoms with van der Waals surface area (Å²) in [6.45, 7) is 7.55. The summed E-state index contributed by atoms with van der Waals surface area (Å²) in [7, 11) is -1.45. The molecule has 0 saturated carbocycles. The van der Waals surface area contributed by atoms with Gasteiger partial charge in [0.25, 0.3) is 0 Å². The molecule has 1 rings (SSSR count). The molecule has 1 N–H and O–H groups in total. The molecule has 2 atom stereocenters. The summed E-state index contributed by atoms with van der Waals surface area (Å²) in [4.78, 5) is 3.39. The fourth-order valence-electron chi connectivity index (χ4n) is 1.70. The molecule has 0 amide bonds. The maximum absolute atomic E-state index is 6.44. The maximum atomic E-state index is 6.44. The number of nitrogens with one attached hydrogen (secondary N) is 1. The normalized spacial score (nSPS) is 14.9. The fourth-order valence-corrected chi connectivity index (χ4v) is 4.29. The van der Waals surface area contributed by atoms with E-state index in [2.05, 4.69) is 50.0 Å². The molecule has 0 saturated heterocycles. The lowest BCUT2D eigenvalue weighted by Crippen LogP contribution is -2.42. The molecule has 0 aliphatic rings. The smallest absolute Gasteiger partial charge is 0.242 e. The average molecular weight is 242 g/mol. The van der Waals surface area contributed by atoms with Crippen molar-refractivity contribution in [3.05, 3.63) is 29.8 Å². The molecule has 0 fully saturated rings. The van der Waals surface area contributed by atoms with Crippen molar-refractivity contribution in [3.63, 3.8) is 0 Å². The van der Waals surface area contributed by atoms with Crippen molar-refractivity contribution in [2.45, 2.75) is 33.1 Å². The minimum Gasteiger partial charge on any atom is -0.325 e. The summed E-state index contributed by atoms with van der Waals surface area (Å²) in [5, 5.41) is 1.36. The van der Waals surface area contributed by atoms with Gasteiger partial charge in [0, 0.05) is 0 Å². The number of halogens is 1. The van der Waals surface area contributed by atoms with Gasteiger partial charge in [0.2, 0.25) is 8.27 Å². The zero-order valence-electron chi connectivity index (χ0n) is 9.76. The minimum absolute atomic E-state index is 0.605. The number of hydrogen-bond donors (Lipinski definition) is 1. The summed E-state index contributed by atoms with van der Waals surface area (Å²) in [5.74, 6) is 0.605. The SMILES string of the molecule is CCN[SiH](Cl)c1ccccc1C(C)CC. The predicted molar refractivity (Wildman–Crippen MR) is 71.5 cm³/mol. The molecule has 15 heavy (non-hydrogen) atoms. The Hall–Kier alpha value is -0.313. The van der Waals surface area contributed by atoms with Gasteiger partial charge in [0.1, 0.15) is 0 Å². The van der Waals surface area contributed by atoms with E-state index in [9.17, 15) is 0 Å². The molecular weight excluding hydrogens is 222 g/mol. The molecule has 0 bridgehead atoms. The van der Waals surface area contributed by atoms with Crippen LogP contribution in [0.5, 0.6) is 0 Å². The Labute approximate surface area is 99.2 Å². The highest BCUT2D eigenvalue weighted by atomic mass is 35.6. The molecule has 84 valence electrons. The second-order valence-corrected chi connectivity index (χ2v) is 6.92. The third kappa shape index (κ3) is 3.33. The average Bonchev–Trinajstić information content (AvgIpc) is 2.28. The first-order chi connectivity index (χ1) is 7.20. The van der Waals surface area contributed by atoms with Gasteiger partial charge >= 0.3 is 0 Å². The number of benzene rings is 1. The monoisotopic (exact) mass is 241 g/mol. The molecule has 2 unspecified atom stereocenters. The Morgan fingerprint density at radius 1 is 1.33 bits per heavy atom.